The molecule has 0 aromatic carbocycles. The van der Waals surface area contributed by atoms with E-state index in [1.54, 1.807) is 4.90 Å². The third-order valence-electron chi connectivity index (χ3n) is 2.28. The van der Waals surface area contributed by atoms with Crippen LogP contribution in [-0.2, 0) is 0 Å². The second-order valence-electron chi connectivity index (χ2n) is 3.85. The Bertz CT molecular complexity index is 364. The van der Waals surface area contributed by atoms with Gasteiger partial charge in [-0.3, -0.25) is 4.79 Å². The number of amides is 1. The van der Waals surface area contributed by atoms with E-state index in [9.17, 15) is 4.79 Å². The summed E-state index contributed by atoms with van der Waals surface area (Å²) in [6.07, 6.45) is 1.85. The molecule has 1 aromatic rings. The van der Waals surface area contributed by atoms with E-state index in [2.05, 4.69) is 22.4 Å². The molecule has 0 saturated carbocycles. The van der Waals surface area contributed by atoms with Crippen molar-refractivity contribution in [2.24, 2.45) is 0 Å². The molecule has 0 saturated heterocycles. The molecule has 1 aromatic heterocycles. The summed E-state index contributed by atoms with van der Waals surface area (Å²) in [5.74, 6) is -0.159. The number of aliphatic hydroxyl groups excluding tert-OH is 1. The fourth-order valence-electron chi connectivity index (χ4n) is 1.45. The van der Waals surface area contributed by atoms with Gasteiger partial charge in [0.2, 0.25) is 10.1 Å². The molecule has 0 fully saturated rings. The van der Waals surface area contributed by atoms with Gasteiger partial charge in [-0.25, -0.2) is 0 Å². The summed E-state index contributed by atoms with van der Waals surface area (Å²) in [5.41, 5.74) is 0. The van der Waals surface area contributed by atoms with Gasteiger partial charge in [-0.1, -0.05) is 25.2 Å². The zero-order valence-corrected chi connectivity index (χ0v) is 11.7. The first-order valence-corrected chi connectivity index (χ1v) is 7.02. The van der Waals surface area contributed by atoms with Gasteiger partial charge in [-0.15, -0.1) is 10.2 Å². The highest BCUT2D eigenvalue weighted by Crippen LogP contribution is 2.17. The van der Waals surface area contributed by atoms with Crippen LogP contribution in [0.4, 0.5) is 5.13 Å². The highest BCUT2D eigenvalue weighted by molar-refractivity contribution is 7.17. The molecule has 0 radical (unpaired) electrons. The van der Waals surface area contributed by atoms with Crippen LogP contribution < -0.4 is 5.32 Å². The first-order chi connectivity index (χ1) is 8.72. The average Bonchev–Trinajstić information content (AvgIpc) is 2.84. The second kappa shape index (κ2) is 7.99. The highest BCUT2D eigenvalue weighted by atomic mass is 32.1. The summed E-state index contributed by atoms with van der Waals surface area (Å²) in [4.78, 5) is 13.7. The Labute approximate surface area is 111 Å². The predicted octanol–water partition coefficient (Wildman–Crippen LogP) is 1.20. The maximum Gasteiger partial charge on any atom is 0.284 e. The number of hydrogen-bond acceptors (Lipinski definition) is 6. The van der Waals surface area contributed by atoms with Gasteiger partial charge in [0, 0.05) is 19.6 Å². The third-order valence-corrected chi connectivity index (χ3v) is 3.15. The lowest BCUT2D eigenvalue weighted by atomic mass is 10.4. The standard InChI is InChI=1S/C11H20N4O2S/c1-3-5-12-11-14-13-9(18-11)10(17)15(6-4-2)7-8-16/h16H,3-8H2,1-2H3,(H,12,14). The average molecular weight is 272 g/mol. The van der Waals surface area contributed by atoms with Gasteiger partial charge in [0.15, 0.2) is 0 Å². The molecule has 6 nitrogen and oxygen atoms in total. The van der Waals surface area contributed by atoms with Crippen LogP contribution in [-0.4, -0.2) is 52.4 Å². The predicted molar refractivity (Wildman–Crippen MR) is 72.0 cm³/mol. The Morgan fingerprint density at radius 2 is 2.11 bits per heavy atom. The molecule has 0 spiro atoms. The van der Waals surface area contributed by atoms with E-state index >= 15 is 0 Å². The van der Waals surface area contributed by atoms with Crippen LogP contribution in [0.25, 0.3) is 0 Å². The summed E-state index contributed by atoms with van der Waals surface area (Å²) >= 11 is 1.25. The number of nitrogens with one attached hydrogen (secondary N) is 1. The van der Waals surface area contributed by atoms with Gasteiger partial charge in [-0.05, 0) is 12.8 Å². The lowest BCUT2D eigenvalue weighted by Crippen LogP contribution is -2.34. The van der Waals surface area contributed by atoms with Crippen LogP contribution in [0.2, 0.25) is 0 Å². The van der Waals surface area contributed by atoms with Crippen molar-refractivity contribution in [1.29, 1.82) is 0 Å². The third kappa shape index (κ3) is 4.23. The van der Waals surface area contributed by atoms with Crippen molar-refractivity contribution in [1.82, 2.24) is 15.1 Å². The molecular formula is C11H20N4O2S. The number of nitrogens with zero attached hydrogens (tertiary/aromatic N) is 3. The summed E-state index contributed by atoms with van der Waals surface area (Å²) in [5, 5.41) is 20.9. The van der Waals surface area contributed by atoms with Crippen LogP contribution in [0, 0.1) is 0 Å². The molecule has 0 aliphatic carbocycles. The molecule has 0 aliphatic heterocycles. The number of rotatable bonds is 8. The SMILES string of the molecule is CCCNc1nnc(C(=O)N(CCC)CCO)s1. The summed E-state index contributed by atoms with van der Waals surface area (Å²) in [6.45, 7) is 5.79. The van der Waals surface area contributed by atoms with Crippen molar-refractivity contribution in [3.63, 3.8) is 0 Å². The van der Waals surface area contributed by atoms with Crippen LogP contribution in [0.3, 0.4) is 0 Å². The van der Waals surface area contributed by atoms with Crippen LogP contribution in [0.1, 0.15) is 36.5 Å². The highest BCUT2D eigenvalue weighted by Gasteiger charge is 2.19. The summed E-state index contributed by atoms with van der Waals surface area (Å²) in [6, 6.07) is 0. The Morgan fingerprint density at radius 1 is 1.33 bits per heavy atom. The van der Waals surface area contributed by atoms with Crippen molar-refractivity contribution in [2.75, 3.05) is 31.6 Å². The Balaban J connectivity index is 2.65. The van der Waals surface area contributed by atoms with Crippen molar-refractivity contribution < 1.29 is 9.90 Å². The van der Waals surface area contributed by atoms with E-state index < -0.39 is 0 Å². The topological polar surface area (TPSA) is 78.4 Å². The molecule has 1 heterocycles. The largest absolute Gasteiger partial charge is 0.395 e. The van der Waals surface area contributed by atoms with Gasteiger partial charge in [-0.2, -0.15) is 0 Å². The zero-order chi connectivity index (χ0) is 13.4. The first kappa shape index (κ1) is 14.8. The van der Waals surface area contributed by atoms with Gasteiger partial charge in [0.05, 0.1) is 6.61 Å². The quantitative estimate of drug-likeness (QED) is 0.743. The lowest BCUT2D eigenvalue weighted by molar-refractivity contribution is 0.0720. The molecule has 1 amide bonds. The molecule has 102 valence electrons. The van der Waals surface area contributed by atoms with E-state index in [-0.39, 0.29) is 12.5 Å². The minimum atomic E-state index is -0.159. The minimum Gasteiger partial charge on any atom is -0.395 e. The molecular weight excluding hydrogens is 252 g/mol. The van der Waals surface area contributed by atoms with E-state index in [4.69, 9.17) is 5.11 Å². The van der Waals surface area contributed by atoms with Gasteiger partial charge < -0.3 is 15.3 Å². The number of hydrogen-bond donors (Lipinski definition) is 2. The maximum atomic E-state index is 12.1. The number of aliphatic hydroxyl groups is 1. The summed E-state index contributed by atoms with van der Waals surface area (Å²) in [7, 11) is 0. The van der Waals surface area contributed by atoms with E-state index in [0.717, 1.165) is 19.4 Å². The van der Waals surface area contributed by atoms with Gasteiger partial charge in [0.25, 0.3) is 5.91 Å². The number of aromatic nitrogens is 2. The van der Waals surface area contributed by atoms with E-state index in [1.807, 2.05) is 6.92 Å². The molecule has 2 N–H and O–H groups in total. The molecule has 0 aliphatic rings. The fourth-order valence-corrected chi connectivity index (χ4v) is 2.19. The molecule has 18 heavy (non-hydrogen) atoms. The number of anilines is 1. The molecule has 0 bridgehead atoms. The van der Waals surface area contributed by atoms with Crippen LogP contribution in [0.15, 0.2) is 0 Å². The van der Waals surface area contributed by atoms with Crippen molar-refractivity contribution in [3.8, 4) is 0 Å². The number of carbonyl (C=O) groups excluding carboxylic acids is 1. The fraction of sp³-hybridized carbons (Fsp3) is 0.727. The van der Waals surface area contributed by atoms with Gasteiger partial charge in [0.1, 0.15) is 0 Å². The van der Waals surface area contributed by atoms with Gasteiger partial charge >= 0.3 is 0 Å². The van der Waals surface area contributed by atoms with Crippen LogP contribution >= 0.6 is 11.3 Å². The molecule has 1 rings (SSSR count). The molecule has 7 heteroatoms. The smallest absolute Gasteiger partial charge is 0.284 e. The Morgan fingerprint density at radius 3 is 2.72 bits per heavy atom. The van der Waals surface area contributed by atoms with Crippen molar-refractivity contribution >= 4 is 22.4 Å². The summed E-state index contributed by atoms with van der Waals surface area (Å²) < 4.78 is 0. The van der Waals surface area contributed by atoms with E-state index in [0.29, 0.717) is 23.2 Å². The molecule has 0 atom stereocenters. The zero-order valence-electron chi connectivity index (χ0n) is 10.8. The first-order valence-electron chi connectivity index (χ1n) is 6.20. The minimum absolute atomic E-state index is 0.0362. The monoisotopic (exact) mass is 272 g/mol. The van der Waals surface area contributed by atoms with Crippen LogP contribution in [0.5, 0.6) is 0 Å². The normalized spacial score (nSPS) is 10.4. The Hall–Kier alpha value is -1.21. The van der Waals surface area contributed by atoms with Crippen molar-refractivity contribution in [3.05, 3.63) is 5.01 Å². The second-order valence-corrected chi connectivity index (χ2v) is 4.83. The Kier molecular flexibility index (Phi) is 6.59. The number of carbonyl (C=O) groups is 1. The maximum absolute atomic E-state index is 12.1. The van der Waals surface area contributed by atoms with Crippen molar-refractivity contribution in [2.45, 2.75) is 26.7 Å². The lowest BCUT2D eigenvalue weighted by Gasteiger charge is -2.19. The van der Waals surface area contributed by atoms with E-state index in [1.165, 1.54) is 11.3 Å². The molecule has 0 unspecified atom stereocenters.